The van der Waals surface area contributed by atoms with Crippen LogP contribution in [0.2, 0.25) is 0 Å². The van der Waals surface area contributed by atoms with E-state index in [1.807, 2.05) is 24.5 Å². The zero-order valence-electron chi connectivity index (χ0n) is 17.8. The fourth-order valence-corrected chi connectivity index (χ4v) is 4.62. The number of thioether (sulfide) groups is 1. The molecule has 4 rings (SSSR count). The minimum absolute atomic E-state index is 0.0136. The Morgan fingerprint density at radius 3 is 2.61 bits per heavy atom. The van der Waals surface area contributed by atoms with Crippen LogP contribution < -0.4 is 0 Å². The van der Waals surface area contributed by atoms with Crippen LogP contribution in [0.15, 0.2) is 59.5 Å². The highest BCUT2D eigenvalue weighted by Crippen LogP contribution is 2.35. The van der Waals surface area contributed by atoms with Crippen molar-refractivity contribution in [2.24, 2.45) is 0 Å². The summed E-state index contributed by atoms with van der Waals surface area (Å²) in [4.78, 5) is 37.6. The van der Waals surface area contributed by atoms with E-state index in [4.69, 9.17) is 0 Å². The van der Waals surface area contributed by atoms with E-state index < -0.39 is 16.1 Å². The number of non-ortho nitro benzene ring substituents is 1. The molecule has 1 saturated heterocycles. The Morgan fingerprint density at radius 2 is 1.88 bits per heavy atom. The van der Waals surface area contributed by atoms with Crippen LogP contribution >= 0.6 is 11.8 Å². The second-order valence-electron chi connectivity index (χ2n) is 7.48. The lowest BCUT2D eigenvalue weighted by molar-refractivity contribution is -0.384. The van der Waals surface area contributed by atoms with Crippen molar-refractivity contribution in [1.29, 1.82) is 5.26 Å². The van der Waals surface area contributed by atoms with Crippen molar-refractivity contribution < 1.29 is 14.5 Å². The number of aryl methyl sites for hydroxylation is 1. The smallest absolute Gasteiger partial charge is 0.293 e. The maximum Gasteiger partial charge on any atom is 0.293 e. The molecule has 2 amide bonds. The number of benzene rings is 2. The van der Waals surface area contributed by atoms with Gasteiger partial charge in [-0.25, -0.2) is 0 Å². The lowest BCUT2D eigenvalue weighted by atomic mass is 10.1. The summed E-state index contributed by atoms with van der Waals surface area (Å²) in [6, 6.07) is 17.1. The minimum atomic E-state index is -0.445. The highest BCUT2D eigenvalue weighted by atomic mass is 32.2. The summed E-state index contributed by atoms with van der Waals surface area (Å²) >= 11 is 0.852. The molecule has 3 aromatic rings. The number of nitrogens with zero attached hydrogens (tertiary/aromatic N) is 4. The van der Waals surface area contributed by atoms with Gasteiger partial charge in [0.05, 0.1) is 33.7 Å². The maximum absolute atomic E-state index is 13.0. The molecule has 1 aliphatic heterocycles. The maximum atomic E-state index is 13.0. The monoisotopic (exact) mass is 458 g/mol. The van der Waals surface area contributed by atoms with E-state index in [1.165, 1.54) is 12.1 Å². The summed E-state index contributed by atoms with van der Waals surface area (Å²) in [6.45, 7) is 3.75. The van der Waals surface area contributed by atoms with Crippen molar-refractivity contribution in [3.63, 3.8) is 0 Å². The van der Waals surface area contributed by atoms with Gasteiger partial charge in [0.15, 0.2) is 0 Å². The molecule has 8 nitrogen and oxygen atoms in total. The number of aromatic nitrogens is 1. The van der Waals surface area contributed by atoms with Gasteiger partial charge in [0.25, 0.3) is 16.8 Å². The standard InChI is InChI=1S/C24H18N4O4S/c1-15-10-19(16(2)27(15)20-8-5-9-21(12-20)28(31)32)11-22-23(29)26(24(30)33-22)14-18-7-4-3-6-17(18)13-25/h3-12H,14H2,1-2H3/b22-11+. The number of carbonyl (C=O) groups is 2. The third kappa shape index (κ3) is 4.16. The van der Waals surface area contributed by atoms with Crippen molar-refractivity contribution in [3.05, 3.63) is 97.7 Å². The van der Waals surface area contributed by atoms with Crippen molar-refractivity contribution in [3.8, 4) is 11.8 Å². The molecule has 0 aliphatic carbocycles. The van der Waals surface area contributed by atoms with Crippen LogP contribution in [-0.4, -0.2) is 25.5 Å². The average molecular weight is 458 g/mol. The summed E-state index contributed by atoms with van der Waals surface area (Å²) in [5.74, 6) is -0.419. The number of nitro benzene ring substituents is 1. The molecule has 164 valence electrons. The van der Waals surface area contributed by atoms with Gasteiger partial charge in [-0.15, -0.1) is 0 Å². The molecule has 0 saturated carbocycles. The van der Waals surface area contributed by atoms with Gasteiger partial charge < -0.3 is 4.57 Å². The number of nitro groups is 1. The average Bonchev–Trinajstić information content (AvgIpc) is 3.23. The third-order valence-electron chi connectivity index (χ3n) is 5.40. The Hall–Kier alpha value is -4.16. The Balaban J connectivity index is 1.65. The zero-order chi connectivity index (χ0) is 23.7. The van der Waals surface area contributed by atoms with Crippen molar-refractivity contribution in [1.82, 2.24) is 9.47 Å². The highest BCUT2D eigenvalue weighted by Gasteiger charge is 2.35. The van der Waals surface area contributed by atoms with Crippen molar-refractivity contribution >= 4 is 34.7 Å². The lowest BCUT2D eigenvalue weighted by Crippen LogP contribution is -2.27. The first-order chi connectivity index (χ1) is 15.8. The molecule has 0 unspecified atom stereocenters. The first kappa shape index (κ1) is 22.0. The van der Waals surface area contributed by atoms with E-state index in [9.17, 15) is 25.0 Å². The van der Waals surface area contributed by atoms with Gasteiger partial charge in [0, 0.05) is 23.5 Å². The number of nitriles is 1. The largest absolute Gasteiger partial charge is 0.318 e. The van der Waals surface area contributed by atoms with E-state index in [0.29, 0.717) is 16.8 Å². The summed E-state index contributed by atoms with van der Waals surface area (Å²) in [5, 5.41) is 20.0. The van der Waals surface area contributed by atoms with Crippen LogP contribution in [0.3, 0.4) is 0 Å². The van der Waals surface area contributed by atoms with E-state index in [0.717, 1.165) is 33.6 Å². The van der Waals surface area contributed by atoms with E-state index in [2.05, 4.69) is 6.07 Å². The first-order valence-electron chi connectivity index (χ1n) is 9.97. The second-order valence-corrected chi connectivity index (χ2v) is 8.47. The summed E-state index contributed by atoms with van der Waals surface area (Å²) in [5.41, 5.74) is 4.01. The SMILES string of the molecule is Cc1cc(/C=C2/SC(=O)N(Cc3ccccc3C#N)C2=O)c(C)n1-c1cccc([N+](=O)[O-])c1. The molecule has 0 spiro atoms. The normalized spacial score (nSPS) is 14.7. The summed E-state index contributed by atoms with van der Waals surface area (Å²) in [6.07, 6.45) is 1.66. The van der Waals surface area contributed by atoms with E-state index in [-0.39, 0.29) is 17.1 Å². The Labute approximate surface area is 193 Å². The van der Waals surface area contributed by atoms with Gasteiger partial charge in [-0.05, 0) is 61.0 Å². The molecular weight excluding hydrogens is 440 g/mol. The minimum Gasteiger partial charge on any atom is -0.318 e. The molecule has 1 aromatic heterocycles. The van der Waals surface area contributed by atoms with E-state index in [1.54, 1.807) is 42.5 Å². The molecular formula is C24H18N4O4S. The highest BCUT2D eigenvalue weighted by molar-refractivity contribution is 8.18. The molecule has 9 heteroatoms. The first-order valence-corrected chi connectivity index (χ1v) is 10.8. The molecule has 1 aliphatic rings. The van der Waals surface area contributed by atoms with Crippen LogP contribution in [0.1, 0.15) is 28.1 Å². The number of hydrogen-bond acceptors (Lipinski definition) is 6. The summed E-state index contributed by atoms with van der Waals surface area (Å²) in [7, 11) is 0. The van der Waals surface area contributed by atoms with Gasteiger partial charge in [-0.3, -0.25) is 24.6 Å². The summed E-state index contributed by atoms with van der Waals surface area (Å²) < 4.78 is 1.87. The lowest BCUT2D eigenvalue weighted by Gasteiger charge is -2.13. The molecule has 0 atom stereocenters. The van der Waals surface area contributed by atoms with Crippen LogP contribution in [-0.2, 0) is 11.3 Å². The predicted octanol–water partition coefficient (Wildman–Crippen LogP) is 5.11. The van der Waals surface area contributed by atoms with Gasteiger partial charge in [-0.2, -0.15) is 5.26 Å². The Bertz CT molecular complexity index is 1380. The fraction of sp³-hybridized carbons (Fsp3) is 0.125. The molecule has 0 N–H and O–H groups in total. The van der Waals surface area contributed by atoms with Gasteiger partial charge in [0.1, 0.15) is 0 Å². The van der Waals surface area contributed by atoms with Crippen molar-refractivity contribution in [2.45, 2.75) is 20.4 Å². The van der Waals surface area contributed by atoms with Crippen LogP contribution in [0.25, 0.3) is 11.8 Å². The number of hydrogen-bond donors (Lipinski definition) is 0. The van der Waals surface area contributed by atoms with Crippen LogP contribution in [0.4, 0.5) is 10.5 Å². The molecule has 0 bridgehead atoms. The number of carbonyl (C=O) groups excluding carboxylic acids is 2. The predicted molar refractivity (Wildman–Crippen MR) is 125 cm³/mol. The topological polar surface area (TPSA) is 109 Å². The van der Waals surface area contributed by atoms with Crippen LogP contribution in [0.5, 0.6) is 0 Å². The fourth-order valence-electron chi connectivity index (χ4n) is 3.79. The molecule has 0 radical (unpaired) electrons. The van der Waals surface area contributed by atoms with Gasteiger partial charge >= 0.3 is 0 Å². The molecule has 2 aromatic carbocycles. The van der Waals surface area contributed by atoms with Gasteiger partial charge in [-0.1, -0.05) is 24.3 Å². The van der Waals surface area contributed by atoms with Crippen molar-refractivity contribution in [2.75, 3.05) is 0 Å². The quantitative estimate of drug-likeness (QED) is 0.299. The third-order valence-corrected chi connectivity index (χ3v) is 6.30. The molecule has 1 fully saturated rings. The zero-order valence-corrected chi connectivity index (χ0v) is 18.6. The Kier molecular flexibility index (Phi) is 5.85. The number of imide groups is 1. The second kappa shape index (κ2) is 8.76. The molecule has 33 heavy (non-hydrogen) atoms. The number of rotatable bonds is 5. The Morgan fingerprint density at radius 1 is 1.12 bits per heavy atom. The van der Waals surface area contributed by atoms with Crippen LogP contribution in [0, 0.1) is 35.3 Å². The molecule has 2 heterocycles. The van der Waals surface area contributed by atoms with Gasteiger partial charge in [0.2, 0.25) is 0 Å². The van der Waals surface area contributed by atoms with E-state index >= 15 is 0 Å². The number of amides is 2.